The van der Waals surface area contributed by atoms with Gasteiger partial charge in [0.2, 0.25) is 0 Å². The molecule has 0 unspecified atom stereocenters. The smallest absolute Gasteiger partial charge is 0.289 e. The minimum Gasteiger partial charge on any atom is -0.497 e. The molecule has 0 spiro atoms. The summed E-state index contributed by atoms with van der Waals surface area (Å²) in [4.78, 5) is 10.2. The molecule has 9 heteroatoms. The SMILES string of the molecule is COc1ccc(N(C(C)C)S(=O)(=O)c2ccc(Cl)c([N+](=O)[O-])c2)c(C)c1. The number of nitro groups is 1. The van der Waals surface area contributed by atoms with Crippen LogP contribution in [0.3, 0.4) is 0 Å². The lowest BCUT2D eigenvalue weighted by molar-refractivity contribution is -0.384. The van der Waals surface area contributed by atoms with Crippen LogP contribution in [-0.4, -0.2) is 26.5 Å². The van der Waals surface area contributed by atoms with E-state index < -0.39 is 26.7 Å². The van der Waals surface area contributed by atoms with Gasteiger partial charge in [-0.2, -0.15) is 0 Å². The van der Waals surface area contributed by atoms with Crippen LogP contribution in [0.1, 0.15) is 19.4 Å². The number of ether oxygens (including phenoxy) is 1. The van der Waals surface area contributed by atoms with Crippen molar-refractivity contribution in [1.29, 1.82) is 0 Å². The van der Waals surface area contributed by atoms with Crippen LogP contribution >= 0.6 is 11.6 Å². The Morgan fingerprint density at radius 2 is 1.85 bits per heavy atom. The number of nitrogens with zero attached hydrogens (tertiary/aromatic N) is 2. The highest BCUT2D eigenvalue weighted by Crippen LogP contribution is 2.34. The molecule has 0 aliphatic rings. The molecule has 0 fully saturated rings. The van der Waals surface area contributed by atoms with Crippen LogP contribution in [0.15, 0.2) is 41.3 Å². The van der Waals surface area contributed by atoms with Crippen LogP contribution in [0, 0.1) is 17.0 Å². The van der Waals surface area contributed by atoms with Crippen molar-refractivity contribution in [1.82, 2.24) is 0 Å². The van der Waals surface area contributed by atoms with E-state index in [1.54, 1.807) is 39.0 Å². The van der Waals surface area contributed by atoms with E-state index in [0.717, 1.165) is 6.07 Å². The largest absolute Gasteiger partial charge is 0.497 e. The first kappa shape index (κ1) is 20.0. The molecule has 0 atom stereocenters. The van der Waals surface area contributed by atoms with Gasteiger partial charge in [0.25, 0.3) is 15.7 Å². The molecule has 0 aliphatic carbocycles. The van der Waals surface area contributed by atoms with Crippen molar-refractivity contribution in [3.05, 3.63) is 57.1 Å². The molecule has 2 aromatic rings. The third-order valence-electron chi connectivity index (χ3n) is 3.78. The van der Waals surface area contributed by atoms with Crippen molar-refractivity contribution < 1.29 is 18.1 Å². The van der Waals surface area contributed by atoms with E-state index in [9.17, 15) is 18.5 Å². The van der Waals surface area contributed by atoms with E-state index in [1.807, 2.05) is 0 Å². The van der Waals surface area contributed by atoms with Crippen molar-refractivity contribution in [2.75, 3.05) is 11.4 Å². The van der Waals surface area contributed by atoms with E-state index in [0.29, 0.717) is 17.0 Å². The Hall–Kier alpha value is -2.32. The maximum Gasteiger partial charge on any atom is 0.289 e. The van der Waals surface area contributed by atoms with Gasteiger partial charge in [-0.3, -0.25) is 14.4 Å². The summed E-state index contributed by atoms with van der Waals surface area (Å²) in [5, 5.41) is 11.0. The summed E-state index contributed by atoms with van der Waals surface area (Å²) in [7, 11) is -2.51. The van der Waals surface area contributed by atoms with E-state index in [1.165, 1.54) is 23.5 Å². The molecule has 0 aromatic heterocycles. The third kappa shape index (κ3) is 3.76. The zero-order valence-electron chi connectivity index (χ0n) is 14.8. The van der Waals surface area contributed by atoms with E-state index >= 15 is 0 Å². The van der Waals surface area contributed by atoms with Gasteiger partial charge in [-0.1, -0.05) is 11.6 Å². The number of aryl methyl sites for hydroxylation is 1. The quantitative estimate of drug-likeness (QED) is 0.538. The molecule has 0 saturated heterocycles. The molecule has 2 rings (SSSR count). The number of nitro benzene ring substituents is 1. The maximum atomic E-state index is 13.2. The van der Waals surface area contributed by atoms with E-state index in [-0.39, 0.29) is 9.92 Å². The second-order valence-electron chi connectivity index (χ2n) is 5.92. The molecule has 0 bridgehead atoms. The molecule has 0 aliphatic heterocycles. The molecule has 0 radical (unpaired) electrons. The predicted molar refractivity (Wildman–Crippen MR) is 101 cm³/mol. The highest BCUT2D eigenvalue weighted by Gasteiger charge is 2.30. The van der Waals surface area contributed by atoms with Gasteiger partial charge in [0, 0.05) is 12.1 Å². The fourth-order valence-corrected chi connectivity index (χ4v) is 4.53. The fourth-order valence-electron chi connectivity index (χ4n) is 2.59. The first-order valence-electron chi connectivity index (χ1n) is 7.72. The van der Waals surface area contributed by atoms with Crippen molar-refractivity contribution in [2.45, 2.75) is 31.7 Å². The Morgan fingerprint density at radius 3 is 2.35 bits per heavy atom. The lowest BCUT2D eigenvalue weighted by atomic mass is 10.2. The van der Waals surface area contributed by atoms with Crippen LogP contribution in [0.4, 0.5) is 11.4 Å². The number of sulfonamides is 1. The summed E-state index contributed by atoms with van der Waals surface area (Å²) in [6.45, 7) is 5.23. The molecular formula is C17H19ClN2O5S. The fraction of sp³-hybridized carbons (Fsp3) is 0.294. The number of hydrogen-bond donors (Lipinski definition) is 0. The standard InChI is InChI=1S/C17H19ClN2O5S/c1-11(2)19(16-8-5-13(25-4)9-12(16)3)26(23,24)14-6-7-15(18)17(10-14)20(21)22/h5-11H,1-4H3. The van der Waals surface area contributed by atoms with Gasteiger partial charge < -0.3 is 4.74 Å². The van der Waals surface area contributed by atoms with Gasteiger partial charge in [0.1, 0.15) is 10.8 Å². The second kappa shape index (κ2) is 7.51. The van der Waals surface area contributed by atoms with Gasteiger partial charge in [-0.25, -0.2) is 8.42 Å². The molecule has 26 heavy (non-hydrogen) atoms. The Balaban J connectivity index is 2.63. The Bertz CT molecular complexity index is 944. The predicted octanol–water partition coefficient (Wildman–Crippen LogP) is 4.17. The van der Waals surface area contributed by atoms with Crippen LogP contribution in [0.2, 0.25) is 5.02 Å². The molecule has 0 heterocycles. The number of hydrogen-bond acceptors (Lipinski definition) is 5. The van der Waals surface area contributed by atoms with Gasteiger partial charge in [-0.05, 0) is 56.7 Å². The lowest BCUT2D eigenvalue weighted by Crippen LogP contribution is -2.37. The van der Waals surface area contributed by atoms with Gasteiger partial charge in [0.05, 0.1) is 22.6 Å². The first-order chi connectivity index (χ1) is 12.1. The normalized spacial score (nSPS) is 11.5. The topological polar surface area (TPSA) is 89.8 Å². The summed E-state index contributed by atoms with van der Waals surface area (Å²) >= 11 is 5.80. The third-order valence-corrected chi connectivity index (χ3v) is 6.09. The highest BCUT2D eigenvalue weighted by molar-refractivity contribution is 7.92. The molecule has 0 amide bonds. The monoisotopic (exact) mass is 398 g/mol. The van der Waals surface area contributed by atoms with Crippen LogP contribution in [-0.2, 0) is 10.0 Å². The number of anilines is 1. The first-order valence-corrected chi connectivity index (χ1v) is 9.54. The molecular weight excluding hydrogens is 380 g/mol. The average molecular weight is 399 g/mol. The van der Waals surface area contributed by atoms with E-state index in [4.69, 9.17) is 16.3 Å². The summed E-state index contributed by atoms with van der Waals surface area (Å²) < 4.78 is 32.8. The number of rotatable bonds is 6. The minimum atomic E-state index is -4.04. The maximum absolute atomic E-state index is 13.2. The molecule has 140 valence electrons. The molecule has 0 N–H and O–H groups in total. The number of methoxy groups -OCH3 is 1. The zero-order chi connectivity index (χ0) is 19.6. The average Bonchev–Trinajstić information content (AvgIpc) is 2.55. The molecule has 7 nitrogen and oxygen atoms in total. The minimum absolute atomic E-state index is 0.120. The van der Waals surface area contributed by atoms with E-state index in [2.05, 4.69) is 0 Å². The summed E-state index contributed by atoms with van der Waals surface area (Å²) in [6.07, 6.45) is 0. The van der Waals surface area contributed by atoms with Crippen LogP contribution < -0.4 is 9.04 Å². The summed E-state index contributed by atoms with van der Waals surface area (Å²) in [5.74, 6) is 0.606. The zero-order valence-corrected chi connectivity index (χ0v) is 16.3. The lowest BCUT2D eigenvalue weighted by Gasteiger charge is -2.29. The molecule has 0 saturated carbocycles. The van der Waals surface area contributed by atoms with Crippen LogP contribution in [0.5, 0.6) is 5.75 Å². The summed E-state index contributed by atoms with van der Waals surface area (Å²) in [6, 6.07) is 8.08. The van der Waals surface area contributed by atoms with Gasteiger partial charge in [0.15, 0.2) is 0 Å². The Kier molecular flexibility index (Phi) is 5.77. The Morgan fingerprint density at radius 1 is 1.19 bits per heavy atom. The van der Waals surface area contributed by atoms with Crippen LogP contribution in [0.25, 0.3) is 0 Å². The highest BCUT2D eigenvalue weighted by atomic mass is 35.5. The van der Waals surface area contributed by atoms with Gasteiger partial charge >= 0.3 is 0 Å². The number of halogens is 1. The number of benzene rings is 2. The van der Waals surface area contributed by atoms with Crippen molar-refractivity contribution in [3.8, 4) is 5.75 Å². The second-order valence-corrected chi connectivity index (χ2v) is 8.14. The van der Waals surface area contributed by atoms with Crippen molar-refractivity contribution in [3.63, 3.8) is 0 Å². The Labute approximate surface area is 157 Å². The van der Waals surface area contributed by atoms with Gasteiger partial charge in [-0.15, -0.1) is 0 Å². The molecule has 2 aromatic carbocycles. The van der Waals surface area contributed by atoms with Crippen molar-refractivity contribution in [2.24, 2.45) is 0 Å². The van der Waals surface area contributed by atoms with Crippen molar-refractivity contribution >= 4 is 33.0 Å². The summed E-state index contributed by atoms with van der Waals surface area (Å²) in [5.41, 5.74) is 0.714.